The number of benzene rings is 3. The molecule has 0 aliphatic carbocycles. The second-order valence-electron chi connectivity index (χ2n) is 7.05. The fraction of sp³-hybridized carbons (Fsp3) is 0.174. The van der Waals surface area contributed by atoms with Gasteiger partial charge in [-0.2, -0.15) is 0 Å². The first-order valence-corrected chi connectivity index (χ1v) is 9.33. The average molecular weight is 359 g/mol. The Labute approximate surface area is 158 Å². The van der Waals surface area contributed by atoms with Gasteiger partial charge in [0.15, 0.2) is 0 Å². The fourth-order valence-electron chi connectivity index (χ4n) is 3.97. The largest absolute Gasteiger partial charge is 0.263 e. The molecule has 0 saturated carbocycles. The molecule has 2 aliphatic heterocycles. The molecule has 3 heteroatoms. The summed E-state index contributed by atoms with van der Waals surface area (Å²) >= 11 is 6.08. The Balaban J connectivity index is 1.56. The van der Waals surface area contributed by atoms with Crippen LogP contribution in [0.3, 0.4) is 0 Å². The number of aryl methyl sites for hydroxylation is 1. The molecular formula is C23H19ClN2. The summed E-state index contributed by atoms with van der Waals surface area (Å²) in [7, 11) is 0. The van der Waals surface area contributed by atoms with Crippen LogP contribution < -0.4 is 0 Å². The summed E-state index contributed by atoms with van der Waals surface area (Å²) in [4.78, 5) is 7.59. The van der Waals surface area contributed by atoms with Crippen LogP contribution in [-0.2, 0) is 0 Å². The summed E-state index contributed by atoms with van der Waals surface area (Å²) in [6.07, 6.45) is 0.0544. The highest BCUT2D eigenvalue weighted by atomic mass is 35.5. The molecule has 0 radical (unpaired) electrons. The van der Waals surface area contributed by atoms with Crippen LogP contribution in [0.4, 0.5) is 0 Å². The minimum Gasteiger partial charge on any atom is -0.263 e. The van der Waals surface area contributed by atoms with Crippen LogP contribution in [0.15, 0.2) is 83.9 Å². The van der Waals surface area contributed by atoms with Crippen molar-refractivity contribution < 1.29 is 0 Å². The molecule has 0 amide bonds. The Bertz CT molecular complexity index is 961. The number of hydrogen-bond donors (Lipinski definition) is 0. The monoisotopic (exact) mass is 358 g/mol. The molecule has 3 aromatic carbocycles. The van der Waals surface area contributed by atoms with Crippen molar-refractivity contribution in [3.8, 4) is 0 Å². The summed E-state index contributed by atoms with van der Waals surface area (Å²) in [5.74, 6) is 0. The van der Waals surface area contributed by atoms with Crippen molar-refractivity contribution >= 4 is 17.3 Å². The summed E-state index contributed by atoms with van der Waals surface area (Å²) < 4.78 is 0. The highest BCUT2D eigenvalue weighted by molar-refractivity contribution is 6.30. The van der Waals surface area contributed by atoms with Crippen molar-refractivity contribution in [1.82, 2.24) is 4.90 Å². The normalized spacial score (nSPS) is 26.3. The first-order valence-electron chi connectivity index (χ1n) is 8.95. The van der Waals surface area contributed by atoms with Gasteiger partial charge in [0.25, 0.3) is 0 Å². The average Bonchev–Trinajstić information content (AvgIpc) is 3.29. The lowest BCUT2D eigenvalue weighted by atomic mass is 10.0. The molecule has 5 rings (SSSR count). The maximum absolute atomic E-state index is 6.08. The Kier molecular flexibility index (Phi) is 3.70. The minimum absolute atomic E-state index is 0.0544. The number of nitrogens with zero attached hydrogens (tertiary/aromatic N) is 2. The summed E-state index contributed by atoms with van der Waals surface area (Å²) in [6, 6.07) is 28.3. The molecule has 2 nitrogen and oxygen atoms in total. The van der Waals surface area contributed by atoms with E-state index in [0.29, 0.717) is 12.1 Å². The second kappa shape index (κ2) is 6.08. The van der Waals surface area contributed by atoms with Gasteiger partial charge in [-0.25, -0.2) is 0 Å². The topological polar surface area (TPSA) is 15.4 Å². The van der Waals surface area contributed by atoms with Gasteiger partial charge in [0, 0.05) is 5.02 Å². The van der Waals surface area contributed by atoms with Gasteiger partial charge >= 0.3 is 0 Å². The third kappa shape index (κ3) is 2.57. The van der Waals surface area contributed by atoms with E-state index in [9.17, 15) is 0 Å². The van der Waals surface area contributed by atoms with Crippen LogP contribution in [-0.4, -0.2) is 16.7 Å². The molecule has 3 aromatic rings. The zero-order valence-corrected chi connectivity index (χ0v) is 15.3. The van der Waals surface area contributed by atoms with Gasteiger partial charge in [-0.1, -0.05) is 83.9 Å². The van der Waals surface area contributed by atoms with Crippen molar-refractivity contribution in [3.63, 3.8) is 0 Å². The van der Waals surface area contributed by atoms with Crippen molar-refractivity contribution in [1.29, 1.82) is 0 Å². The van der Waals surface area contributed by atoms with E-state index in [1.54, 1.807) is 0 Å². The molecule has 0 bridgehead atoms. The zero-order chi connectivity index (χ0) is 17.7. The van der Waals surface area contributed by atoms with Crippen LogP contribution in [0.5, 0.6) is 0 Å². The van der Waals surface area contributed by atoms with Crippen LogP contribution in [0, 0.1) is 6.92 Å². The molecule has 1 saturated heterocycles. The van der Waals surface area contributed by atoms with E-state index in [1.165, 1.54) is 28.0 Å². The molecular weight excluding hydrogens is 340 g/mol. The summed E-state index contributed by atoms with van der Waals surface area (Å²) in [6.45, 7) is 2.12. The molecule has 128 valence electrons. The number of hydrogen-bond acceptors (Lipinski definition) is 2. The van der Waals surface area contributed by atoms with E-state index in [0.717, 1.165) is 5.02 Å². The van der Waals surface area contributed by atoms with E-state index >= 15 is 0 Å². The summed E-state index contributed by atoms with van der Waals surface area (Å²) in [5, 5.41) is 0.761. The number of aliphatic imine (C=N–C) groups is 1. The molecule has 26 heavy (non-hydrogen) atoms. The number of rotatable bonds is 3. The molecule has 0 aromatic heterocycles. The minimum atomic E-state index is 0.0544. The van der Waals surface area contributed by atoms with Gasteiger partial charge in [-0.15, -0.1) is 0 Å². The third-order valence-electron chi connectivity index (χ3n) is 5.33. The standard InChI is InChI=1S/C23H19ClN2/c1-15-7-9-16(10-8-15)20-22-21(17-5-3-2-4-6-17)26(22)23(25-20)18-11-13-19(24)14-12-18/h2-14,21-23H,1H3/t21-,22-,23+,26?/m1/s1. The molecule has 1 fully saturated rings. The van der Waals surface area contributed by atoms with Crippen LogP contribution in [0.1, 0.15) is 34.5 Å². The lowest BCUT2D eigenvalue weighted by molar-refractivity contribution is 0.404. The molecule has 2 aliphatic rings. The fourth-order valence-corrected chi connectivity index (χ4v) is 4.10. The zero-order valence-electron chi connectivity index (χ0n) is 14.5. The predicted octanol–water partition coefficient (Wildman–Crippen LogP) is 5.58. The van der Waals surface area contributed by atoms with E-state index in [2.05, 4.69) is 78.6 Å². The van der Waals surface area contributed by atoms with Gasteiger partial charge in [0.2, 0.25) is 0 Å². The Morgan fingerprint density at radius 3 is 2.15 bits per heavy atom. The van der Waals surface area contributed by atoms with Gasteiger partial charge in [-0.05, 0) is 35.7 Å². The second-order valence-corrected chi connectivity index (χ2v) is 7.49. The Morgan fingerprint density at radius 1 is 0.769 bits per heavy atom. The van der Waals surface area contributed by atoms with Crippen molar-refractivity contribution in [2.24, 2.45) is 4.99 Å². The van der Waals surface area contributed by atoms with Crippen molar-refractivity contribution in [2.45, 2.75) is 25.2 Å². The smallest absolute Gasteiger partial charge is 0.129 e. The van der Waals surface area contributed by atoms with Gasteiger partial charge in [0.05, 0.1) is 17.8 Å². The van der Waals surface area contributed by atoms with Crippen LogP contribution in [0.2, 0.25) is 5.02 Å². The van der Waals surface area contributed by atoms with Gasteiger partial charge in [0.1, 0.15) is 6.17 Å². The molecule has 0 spiro atoms. The highest BCUT2D eigenvalue weighted by Gasteiger charge is 2.59. The SMILES string of the molecule is Cc1ccc(C2=N[C@H](c3ccc(Cl)cc3)N3[C@H]2[C@H]3c2ccccc2)cc1. The number of fused-ring (bicyclic) bond motifs is 1. The van der Waals surface area contributed by atoms with E-state index in [-0.39, 0.29) is 6.17 Å². The maximum Gasteiger partial charge on any atom is 0.129 e. The highest BCUT2D eigenvalue weighted by Crippen LogP contribution is 2.55. The molecule has 2 heterocycles. The third-order valence-corrected chi connectivity index (χ3v) is 5.58. The quantitative estimate of drug-likeness (QED) is 0.558. The number of halogens is 1. The van der Waals surface area contributed by atoms with E-state index in [1.807, 2.05) is 12.1 Å². The van der Waals surface area contributed by atoms with Crippen LogP contribution >= 0.6 is 11.6 Å². The molecule has 0 N–H and O–H groups in total. The van der Waals surface area contributed by atoms with E-state index in [4.69, 9.17) is 16.6 Å². The van der Waals surface area contributed by atoms with Crippen molar-refractivity contribution in [3.05, 3.63) is 106 Å². The Morgan fingerprint density at radius 2 is 1.46 bits per heavy atom. The van der Waals surface area contributed by atoms with E-state index < -0.39 is 0 Å². The Hall–Kier alpha value is -2.42. The molecule has 1 unspecified atom stereocenters. The van der Waals surface area contributed by atoms with Crippen LogP contribution in [0.25, 0.3) is 0 Å². The maximum atomic E-state index is 6.08. The van der Waals surface area contributed by atoms with Gasteiger partial charge in [-0.3, -0.25) is 9.89 Å². The predicted molar refractivity (Wildman–Crippen MR) is 107 cm³/mol. The lowest BCUT2D eigenvalue weighted by Gasteiger charge is -2.14. The molecule has 4 atom stereocenters. The first kappa shape index (κ1) is 15.8. The van der Waals surface area contributed by atoms with Gasteiger partial charge < -0.3 is 0 Å². The summed E-state index contributed by atoms with van der Waals surface area (Å²) in [5.41, 5.74) is 6.24. The lowest BCUT2D eigenvalue weighted by Crippen LogP contribution is -2.08. The van der Waals surface area contributed by atoms with Crippen molar-refractivity contribution in [2.75, 3.05) is 0 Å². The first-order chi connectivity index (χ1) is 12.7.